The van der Waals surface area contributed by atoms with Crippen LogP contribution in [0.4, 0.5) is 17.1 Å². The molecule has 1 saturated heterocycles. The number of methoxy groups -OCH3 is 1. The third-order valence-corrected chi connectivity index (χ3v) is 10.1. The van der Waals surface area contributed by atoms with Crippen molar-refractivity contribution in [2.24, 2.45) is 5.92 Å². The van der Waals surface area contributed by atoms with Crippen molar-refractivity contribution in [3.63, 3.8) is 0 Å². The molecule has 0 aliphatic carbocycles. The molecule has 11 heteroatoms. The van der Waals surface area contributed by atoms with Crippen LogP contribution in [0.25, 0.3) is 0 Å². The first-order chi connectivity index (χ1) is 20.3. The van der Waals surface area contributed by atoms with Gasteiger partial charge in [0.1, 0.15) is 17.5 Å². The molecule has 214 valence electrons. The number of carbonyl (C=O) groups excluding carboxylic acids is 3. The van der Waals surface area contributed by atoms with Gasteiger partial charge in [0, 0.05) is 36.3 Å². The average Bonchev–Trinajstić information content (AvgIpc) is 3.43. The Labute approximate surface area is 250 Å². The van der Waals surface area contributed by atoms with Crippen LogP contribution in [0.3, 0.4) is 0 Å². The monoisotopic (exact) mass is 600 g/mol. The number of thioether (sulfide) groups is 1. The number of hydrogen-bond donors (Lipinski definition) is 1. The standard InChI is InChI=1S/C31H28N4O5S2/c1-33(2)20-11-9-18(10-12-20)24-25-26(29(38)35(28(25)37)21-13-15-22(40-3)16-14-21)41-30-27(24)42-31(39)34(30)17-23(36)32-19-7-5-4-6-8-19/h4-16,24-26H,17H2,1-3H3,(H,32,36)/t24-,25-,26+/m0/s1. The number of nitrogens with zero attached hydrogens (tertiary/aromatic N) is 3. The summed E-state index contributed by atoms with van der Waals surface area (Å²) in [5.41, 5.74) is 2.90. The average molecular weight is 601 g/mol. The van der Waals surface area contributed by atoms with Crippen molar-refractivity contribution in [1.29, 1.82) is 0 Å². The molecule has 3 atom stereocenters. The van der Waals surface area contributed by atoms with Gasteiger partial charge >= 0.3 is 4.87 Å². The molecule has 3 heterocycles. The van der Waals surface area contributed by atoms with Gasteiger partial charge in [-0.2, -0.15) is 0 Å². The number of ether oxygens (including phenoxy) is 1. The zero-order valence-electron chi connectivity index (χ0n) is 23.1. The van der Waals surface area contributed by atoms with Crippen LogP contribution < -0.4 is 24.7 Å². The van der Waals surface area contributed by atoms with Gasteiger partial charge in [0.05, 0.1) is 23.7 Å². The van der Waals surface area contributed by atoms with E-state index in [0.717, 1.165) is 22.6 Å². The van der Waals surface area contributed by atoms with Gasteiger partial charge in [0.15, 0.2) is 0 Å². The first kappa shape index (κ1) is 27.8. The van der Waals surface area contributed by atoms with Gasteiger partial charge in [0.25, 0.3) is 0 Å². The number of hydrogen-bond acceptors (Lipinski definition) is 8. The van der Waals surface area contributed by atoms with Gasteiger partial charge in [0.2, 0.25) is 17.7 Å². The topological polar surface area (TPSA) is 101 Å². The van der Waals surface area contributed by atoms with Crippen molar-refractivity contribution in [2.75, 3.05) is 36.3 Å². The minimum atomic E-state index is -0.761. The normalized spacial score (nSPS) is 19.3. The maximum Gasteiger partial charge on any atom is 0.308 e. The summed E-state index contributed by atoms with van der Waals surface area (Å²) in [6.07, 6.45) is 0. The number of anilines is 3. The zero-order valence-corrected chi connectivity index (χ0v) is 24.8. The van der Waals surface area contributed by atoms with E-state index in [1.165, 1.54) is 21.2 Å². The Morgan fingerprint density at radius 2 is 1.62 bits per heavy atom. The molecule has 0 saturated carbocycles. The second-order valence-electron chi connectivity index (χ2n) is 10.3. The number of rotatable bonds is 7. The Morgan fingerprint density at radius 1 is 0.929 bits per heavy atom. The second-order valence-corrected chi connectivity index (χ2v) is 12.4. The van der Waals surface area contributed by atoms with Crippen LogP contribution in [0.2, 0.25) is 0 Å². The van der Waals surface area contributed by atoms with Crippen LogP contribution in [-0.4, -0.2) is 48.7 Å². The second kappa shape index (κ2) is 11.1. The summed E-state index contributed by atoms with van der Waals surface area (Å²) in [5, 5.41) is 2.62. The van der Waals surface area contributed by atoms with Crippen molar-refractivity contribution < 1.29 is 19.1 Å². The first-order valence-electron chi connectivity index (χ1n) is 13.3. The number of aromatic nitrogens is 1. The summed E-state index contributed by atoms with van der Waals surface area (Å²) >= 11 is 2.23. The van der Waals surface area contributed by atoms with Gasteiger partial charge in [-0.15, -0.1) is 0 Å². The molecule has 2 aliphatic rings. The van der Waals surface area contributed by atoms with Crippen LogP contribution in [0.15, 0.2) is 88.7 Å². The maximum atomic E-state index is 14.1. The van der Waals surface area contributed by atoms with E-state index in [-0.39, 0.29) is 29.1 Å². The lowest BCUT2D eigenvalue weighted by molar-refractivity contribution is -0.122. The summed E-state index contributed by atoms with van der Waals surface area (Å²) in [4.78, 5) is 57.9. The van der Waals surface area contributed by atoms with E-state index in [9.17, 15) is 19.2 Å². The van der Waals surface area contributed by atoms with E-state index in [0.29, 0.717) is 27.0 Å². The SMILES string of the molecule is COc1ccc(N2C(=O)[C@H]3[C@H](c4ccc(N(C)C)cc4)c4sc(=O)n(CC(=O)Nc5ccccc5)c4S[C@H]3C2=O)cc1. The molecular formula is C31H28N4O5S2. The summed E-state index contributed by atoms with van der Waals surface area (Å²) < 4.78 is 6.67. The molecule has 42 heavy (non-hydrogen) atoms. The Bertz CT molecular complexity index is 1710. The highest BCUT2D eigenvalue weighted by Gasteiger charge is 2.56. The molecule has 2 aliphatic heterocycles. The number of amides is 3. The molecule has 3 amide bonds. The minimum Gasteiger partial charge on any atom is -0.497 e. The first-order valence-corrected chi connectivity index (χ1v) is 15.0. The number of carbonyl (C=O) groups is 3. The lowest BCUT2D eigenvalue weighted by Crippen LogP contribution is -2.33. The van der Waals surface area contributed by atoms with Crippen molar-refractivity contribution in [3.05, 3.63) is 99.0 Å². The molecule has 1 aromatic heterocycles. The molecule has 1 fully saturated rings. The van der Waals surface area contributed by atoms with E-state index in [1.54, 1.807) is 43.5 Å². The predicted molar refractivity (Wildman–Crippen MR) is 165 cm³/mol. The number of imide groups is 1. The van der Waals surface area contributed by atoms with Gasteiger partial charge in [-0.3, -0.25) is 23.7 Å². The molecule has 1 N–H and O–H groups in total. The molecule has 0 radical (unpaired) electrons. The van der Waals surface area contributed by atoms with Gasteiger partial charge in [-0.05, 0) is 54.1 Å². The zero-order chi connectivity index (χ0) is 29.5. The molecule has 0 bridgehead atoms. The largest absolute Gasteiger partial charge is 0.497 e. The number of nitrogens with one attached hydrogen (secondary N) is 1. The molecule has 3 aromatic carbocycles. The Morgan fingerprint density at radius 3 is 2.26 bits per heavy atom. The van der Waals surface area contributed by atoms with E-state index in [1.807, 2.05) is 61.5 Å². The van der Waals surface area contributed by atoms with E-state index >= 15 is 0 Å². The molecule has 4 aromatic rings. The fourth-order valence-electron chi connectivity index (χ4n) is 5.45. The van der Waals surface area contributed by atoms with Crippen LogP contribution >= 0.6 is 23.1 Å². The molecule has 0 spiro atoms. The number of thiazole rings is 1. The summed E-state index contributed by atoms with van der Waals surface area (Å²) in [5.74, 6) is -1.65. The highest BCUT2D eigenvalue weighted by molar-refractivity contribution is 8.00. The van der Waals surface area contributed by atoms with E-state index in [2.05, 4.69) is 5.32 Å². The third kappa shape index (κ3) is 4.88. The predicted octanol–water partition coefficient (Wildman–Crippen LogP) is 4.42. The van der Waals surface area contributed by atoms with Crippen molar-refractivity contribution in [3.8, 4) is 5.75 Å². The Hall–Kier alpha value is -4.35. The van der Waals surface area contributed by atoms with Crippen LogP contribution in [0.5, 0.6) is 5.75 Å². The lowest BCUT2D eigenvalue weighted by atomic mass is 9.83. The summed E-state index contributed by atoms with van der Waals surface area (Å²) in [6, 6.07) is 23.6. The molecular weight excluding hydrogens is 572 g/mol. The molecule has 9 nitrogen and oxygen atoms in total. The highest BCUT2D eigenvalue weighted by Crippen LogP contribution is 2.54. The van der Waals surface area contributed by atoms with Crippen LogP contribution in [-0.2, 0) is 20.9 Å². The Balaban J connectivity index is 1.41. The van der Waals surface area contributed by atoms with Gasteiger partial charge in [-0.25, -0.2) is 4.90 Å². The highest BCUT2D eigenvalue weighted by atomic mass is 32.2. The summed E-state index contributed by atoms with van der Waals surface area (Å²) in [6.45, 7) is -0.208. The fraction of sp³-hybridized carbons (Fsp3) is 0.226. The smallest absolute Gasteiger partial charge is 0.308 e. The molecule has 6 rings (SSSR count). The van der Waals surface area contributed by atoms with E-state index < -0.39 is 17.1 Å². The van der Waals surface area contributed by atoms with Gasteiger partial charge < -0.3 is 15.0 Å². The number of fused-ring (bicyclic) bond motifs is 2. The van der Waals surface area contributed by atoms with Crippen molar-refractivity contribution >= 4 is 57.9 Å². The lowest BCUT2D eigenvalue weighted by Gasteiger charge is -2.31. The van der Waals surface area contributed by atoms with Crippen LogP contribution in [0, 0.1) is 5.92 Å². The van der Waals surface area contributed by atoms with Crippen LogP contribution in [0.1, 0.15) is 16.4 Å². The van der Waals surface area contributed by atoms with Crippen molar-refractivity contribution in [2.45, 2.75) is 22.7 Å². The van der Waals surface area contributed by atoms with E-state index in [4.69, 9.17) is 4.74 Å². The van der Waals surface area contributed by atoms with Gasteiger partial charge in [-0.1, -0.05) is 53.4 Å². The minimum absolute atomic E-state index is 0.208. The number of benzene rings is 3. The van der Waals surface area contributed by atoms with Crippen molar-refractivity contribution in [1.82, 2.24) is 4.57 Å². The fourth-order valence-corrected chi connectivity index (χ4v) is 8.22. The third-order valence-electron chi connectivity index (χ3n) is 7.51. The quantitative estimate of drug-likeness (QED) is 0.314. The maximum absolute atomic E-state index is 14.1. The number of para-hydroxylation sites is 1. The molecule has 0 unspecified atom stereocenters. The Kier molecular flexibility index (Phi) is 7.38. The summed E-state index contributed by atoms with van der Waals surface area (Å²) in [7, 11) is 5.44.